The van der Waals surface area contributed by atoms with Gasteiger partial charge in [0, 0.05) is 6.54 Å². The number of phenolic OH excluding ortho intramolecular Hbond substituents is 1. The van der Waals surface area contributed by atoms with Crippen LogP contribution in [0.1, 0.15) is 43.6 Å². The fourth-order valence-electron chi connectivity index (χ4n) is 2.35. The van der Waals surface area contributed by atoms with Gasteiger partial charge in [0.2, 0.25) is 0 Å². The molecule has 0 amide bonds. The maximum atomic E-state index is 11.5. The van der Waals surface area contributed by atoms with Crippen molar-refractivity contribution in [2.45, 2.75) is 38.9 Å². The Balaban J connectivity index is 2.29. The van der Waals surface area contributed by atoms with E-state index in [4.69, 9.17) is 15.0 Å². The van der Waals surface area contributed by atoms with Gasteiger partial charge in [-0.2, -0.15) is 0 Å². The maximum Gasteiger partial charge on any atom is 0.491 e. The predicted octanol–water partition coefficient (Wildman–Crippen LogP) is 2.15. The van der Waals surface area contributed by atoms with Crippen molar-refractivity contribution in [1.29, 1.82) is 0 Å². The molecule has 7 heteroatoms. The second-order valence-electron chi connectivity index (χ2n) is 6.78. The second kappa shape index (κ2) is 6.59. The molecule has 3 N–H and O–H groups in total. The summed E-state index contributed by atoms with van der Waals surface area (Å²) in [5.74, 6) is -0.742. The van der Waals surface area contributed by atoms with E-state index in [9.17, 15) is 9.90 Å². The Hall–Kier alpha value is -1.83. The van der Waals surface area contributed by atoms with Crippen LogP contribution in [-0.4, -0.2) is 43.1 Å². The lowest BCUT2D eigenvalue weighted by Gasteiger charge is -2.32. The number of hydrogen-bond donors (Lipinski definition) is 2. The molecule has 0 radical (unpaired) electrons. The molecule has 0 bridgehead atoms. The molecule has 1 fully saturated rings. The number of phenols is 1. The molecule has 2 rings (SSSR count). The van der Waals surface area contributed by atoms with Gasteiger partial charge < -0.3 is 24.9 Å². The van der Waals surface area contributed by atoms with Gasteiger partial charge in [-0.1, -0.05) is 12.1 Å². The number of carbonyl (C=O) groups is 1. The number of hydrogen-bond acceptors (Lipinski definition) is 6. The van der Waals surface area contributed by atoms with Crippen LogP contribution in [-0.2, 0) is 14.0 Å². The van der Waals surface area contributed by atoms with Crippen LogP contribution < -0.4 is 5.73 Å². The minimum Gasteiger partial charge on any atom is -0.507 e. The zero-order valence-corrected chi connectivity index (χ0v) is 14.8. The van der Waals surface area contributed by atoms with Gasteiger partial charge in [-0.15, -0.1) is 0 Å². The van der Waals surface area contributed by atoms with E-state index < -0.39 is 24.3 Å². The summed E-state index contributed by atoms with van der Waals surface area (Å²) in [5, 5.41) is 9.99. The van der Waals surface area contributed by atoms with Gasteiger partial charge in [-0.25, -0.2) is 4.79 Å². The molecule has 1 aliphatic heterocycles. The first-order chi connectivity index (χ1) is 11.1. The Labute approximate surface area is 142 Å². The highest BCUT2D eigenvalue weighted by Gasteiger charge is 2.52. The van der Waals surface area contributed by atoms with Gasteiger partial charge in [0.1, 0.15) is 11.3 Å². The predicted molar refractivity (Wildman–Crippen MR) is 92.6 cm³/mol. The molecule has 0 saturated carbocycles. The second-order valence-corrected chi connectivity index (χ2v) is 6.78. The minimum atomic E-state index is -0.590. The fourth-order valence-corrected chi connectivity index (χ4v) is 2.35. The summed E-state index contributed by atoms with van der Waals surface area (Å²) in [6.07, 6.45) is 1.79. The lowest BCUT2D eigenvalue weighted by Crippen LogP contribution is -2.41. The third-order valence-electron chi connectivity index (χ3n) is 4.57. The number of ether oxygens (including phenoxy) is 1. The fraction of sp³-hybridized carbons (Fsp3) is 0.471. The van der Waals surface area contributed by atoms with Crippen molar-refractivity contribution in [2.24, 2.45) is 5.73 Å². The summed E-state index contributed by atoms with van der Waals surface area (Å²) in [6, 6.07) is 4.69. The molecule has 0 aliphatic carbocycles. The van der Waals surface area contributed by atoms with Crippen LogP contribution in [0.15, 0.2) is 23.7 Å². The Kier molecular flexibility index (Phi) is 5.08. The Morgan fingerprint density at radius 3 is 2.33 bits per heavy atom. The van der Waals surface area contributed by atoms with Crippen LogP contribution in [0.3, 0.4) is 0 Å². The van der Waals surface area contributed by atoms with Crippen molar-refractivity contribution >= 4 is 19.2 Å². The van der Waals surface area contributed by atoms with E-state index in [0.29, 0.717) is 5.56 Å². The molecule has 0 atom stereocenters. The van der Waals surface area contributed by atoms with Crippen LogP contribution in [0.4, 0.5) is 0 Å². The topological polar surface area (TPSA) is 91.0 Å². The number of nitrogens with two attached hydrogens (primary N) is 1. The largest absolute Gasteiger partial charge is 0.507 e. The first kappa shape index (κ1) is 18.5. The summed E-state index contributed by atoms with van der Waals surface area (Å²) in [4.78, 5) is 11.5. The summed E-state index contributed by atoms with van der Waals surface area (Å²) in [7, 11) is 0.711. The smallest absolute Gasteiger partial charge is 0.491 e. The van der Waals surface area contributed by atoms with Gasteiger partial charge in [0.05, 0.1) is 18.3 Å². The number of carbonyl (C=O) groups excluding carboxylic acids is 1. The molecule has 1 aliphatic rings. The summed E-state index contributed by atoms with van der Waals surface area (Å²) >= 11 is 0. The standard InChI is InChI=1S/C17H24BNO5/c1-16(2)17(3,4)24-18(23-16)12(10-19)8-11-6-7-13(14(20)9-11)15(21)22-5/h6-9,20H,10,19H2,1-5H3. The summed E-state index contributed by atoms with van der Waals surface area (Å²) in [5.41, 5.74) is 6.49. The molecule has 1 saturated heterocycles. The van der Waals surface area contributed by atoms with E-state index in [0.717, 1.165) is 5.47 Å². The number of rotatable bonds is 4. The highest BCUT2D eigenvalue weighted by atomic mass is 16.7. The molecule has 1 heterocycles. The summed E-state index contributed by atoms with van der Waals surface area (Å²) < 4.78 is 16.6. The zero-order valence-electron chi connectivity index (χ0n) is 14.8. The van der Waals surface area contributed by atoms with Crippen molar-refractivity contribution in [3.63, 3.8) is 0 Å². The van der Waals surface area contributed by atoms with Gasteiger partial charge in [-0.3, -0.25) is 0 Å². The third-order valence-corrected chi connectivity index (χ3v) is 4.57. The Bertz CT molecular complexity index is 653. The highest BCUT2D eigenvalue weighted by molar-refractivity contribution is 6.55. The van der Waals surface area contributed by atoms with Gasteiger partial charge in [0.15, 0.2) is 0 Å². The van der Waals surface area contributed by atoms with Crippen molar-refractivity contribution in [3.05, 3.63) is 34.8 Å². The van der Waals surface area contributed by atoms with E-state index in [2.05, 4.69) is 4.74 Å². The molecule has 6 nitrogen and oxygen atoms in total. The molecule has 0 unspecified atom stereocenters. The SMILES string of the molecule is COC(=O)c1ccc(C=C(CN)B2OC(C)(C)C(C)(C)O2)cc1O. The molecular weight excluding hydrogens is 309 g/mol. The van der Waals surface area contributed by atoms with E-state index in [1.807, 2.05) is 27.7 Å². The summed E-state index contributed by atoms with van der Waals surface area (Å²) in [6.45, 7) is 8.13. The molecular formula is C17H24BNO5. The quantitative estimate of drug-likeness (QED) is 0.648. The maximum absolute atomic E-state index is 11.5. The van der Waals surface area contributed by atoms with Gasteiger partial charge in [-0.05, 0) is 50.9 Å². The van der Waals surface area contributed by atoms with Crippen molar-refractivity contribution in [2.75, 3.05) is 13.7 Å². The minimum absolute atomic E-state index is 0.111. The lowest BCUT2D eigenvalue weighted by atomic mass is 9.77. The third kappa shape index (κ3) is 3.48. The number of aromatic hydroxyl groups is 1. The van der Waals surface area contributed by atoms with Crippen LogP contribution in [0.25, 0.3) is 6.08 Å². The highest BCUT2D eigenvalue weighted by Crippen LogP contribution is 2.38. The molecule has 0 aromatic heterocycles. The molecule has 0 spiro atoms. The van der Waals surface area contributed by atoms with Crippen molar-refractivity contribution in [3.8, 4) is 5.75 Å². The van der Waals surface area contributed by atoms with Crippen LogP contribution >= 0.6 is 0 Å². The van der Waals surface area contributed by atoms with Crippen molar-refractivity contribution in [1.82, 2.24) is 0 Å². The normalized spacial score (nSPS) is 19.4. The van der Waals surface area contributed by atoms with Crippen LogP contribution in [0.5, 0.6) is 5.75 Å². The van der Waals surface area contributed by atoms with E-state index >= 15 is 0 Å². The average molecular weight is 333 g/mol. The van der Waals surface area contributed by atoms with Crippen molar-refractivity contribution < 1.29 is 23.9 Å². The number of esters is 1. The molecule has 24 heavy (non-hydrogen) atoms. The Morgan fingerprint density at radius 1 is 1.29 bits per heavy atom. The first-order valence-corrected chi connectivity index (χ1v) is 7.79. The monoisotopic (exact) mass is 333 g/mol. The molecule has 1 aromatic rings. The number of benzene rings is 1. The molecule has 130 valence electrons. The van der Waals surface area contributed by atoms with E-state index in [-0.39, 0.29) is 17.9 Å². The lowest BCUT2D eigenvalue weighted by molar-refractivity contribution is 0.00578. The van der Waals surface area contributed by atoms with Crippen LogP contribution in [0.2, 0.25) is 0 Å². The first-order valence-electron chi connectivity index (χ1n) is 7.79. The van der Waals surface area contributed by atoms with E-state index in [1.165, 1.54) is 19.2 Å². The zero-order chi connectivity index (χ0) is 18.1. The molecule has 1 aromatic carbocycles. The number of methoxy groups -OCH3 is 1. The van der Waals surface area contributed by atoms with Crippen LogP contribution in [0, 0.1) is 0 Å². The van der Waals surface area contributed by atoms with Gasteiger partial charge >= 0.3 is 13.1 Å². The average Bonchev–Trinajstić information content (AvgIpc) is 2.72. The van der Waals surface area contributed by atoms with E-state index in [1.54, 1.807) is 12.1 Å². The Morgan fingerprint density at radius 2 is 1.88 bits per heavy atom. The van der Waals surface area contributed by atoms with Gasteiger partial charge in [0.25, 0.3) is 0 Å².